The maximum atomic E-state index is 13.0. The number of fused-ring (bicyclic) bond motifs is 1. The molecule has 0 saturated carbocycles. The molecule has 24 heavy (non-hydrogen) atoms. The van der Waals surface area contributed by atoms with Crippen molar-refractivity contribution in [1.82, 2.24) is 9.55 Å². The highest BCUT2D eigenvalue weighted by Crippen LogP contribution is 2.32. The minimum absolute atomic E-state index is 0.0532. The number of hydrogen-bond acceptors (Lipinski definition) is 5. The summed E-state index contributed by atoms with van der Waals surface area (Å²) in [5.74, 6) is 1.76. The zero-order valence-corrected chi connectivity index (χ0v) is 15.9. The minimum atomic E-state index is 0.0532. The largest absolute Gasteiger partial charge is 0.494 e. The molecule has 0 bridgehead atoms. The van der Waals surface area contributed by atoms with Crippen LogP contribution in [0.2, 0.25) is 0 Å². The van der Waals surface area contributed by atoms with Crippen LogP contribution in [0.15, 0.2) is 39.1 Å². The Kier molecular flexibility index (Phi) is 5.56. The molecule has 1 aromatic carbocycles. The monoisotopic (exact) mass is 362 g/mol. The van der Waals surface area contributed by atoms with E-state index in [4.69, 9.17) is 9.72 Å². The highest BCUT2D eigenvalue weighted by atomic mass is 32.2. The normalized spacial score (nSPS) is 14.5. The third-order valence-electron chi connectivity index (χ3n) is 3.95. The average molecular weight is 363 g/mol. The van der Waals surface area contributed by atoms with E-state index in [1.165, 1.54) is 0 Å². The van der Waals surface area contributed by atoms with Gasteiger partial charge in [0.2, 0.25) is 0 Å². The summed E-state index contributed by atoms with van der Waals surface area (Å²) in [4.78, 5) is 18.6. The Hall–Kier alpha value is -1.40. The van der Waals surface area contributed by atoms with Crippen molar-refractivity contribution in [1.29, 1.82) is 0 Å². The second kappa shape index (κ2) is 7.66. The summed E-state index contributed by atoms with van der Waals surface area (Å²) in [5.41, 5.74) is 1.85. The molecule has 0 amide bonds. The van der Waals surface area contributed by atoms with Gasteiger partial charge in [0.05, 0.1) is 22.9 Å². The molecule has 128 valence electrons. The Balaban J connectivity index is 2.08. The van der Waals surface area contributed by atoms with E-state index < -0.39 is 0 Å². The summed E-state index contributed by atoms with van der Waals surface area (Å²) in [6, 6.07) is 7.67. The van der Waals surface area contributed by atoms with Gasteiger partial charge >= 0.3 is 0 Å². The first kappa shape index (κ1) is 17.4. The quantitative estimate of drug-likeness (QED) is 0.570. The Labute approximate surface area is 151 Å². The SMILES string of the molecule is CCOc1ccc(-n2c(S[C@@H](C)CC)nc3c(c2=O)SCC3)cc1. The van der Waals surface area contributed by atoms with E-state index >= 15 is 0 Å². The van der Waals surface area contributed by atoms with Gasteiger partial charge in [0, 0.05) is 17.4 Å². The molecule has 0 aliphatic carbocycles. The van der Waals surface area contributed by atoms with Gasteiger partial charge in [0.1, 0.15) is 5.75 Å². The van der Waals surface area contributed by atoms with Gasteiger partial charge in [-0.05, 0) is 37.6 Å². The fourth-order valence-electron chi connectivity index (χ4n) is 2.52. The predicted molar refractivity (Wildman–Crippen MR) is 101 cm³/mol. The van der Waals surface area contributed by atoms with Crippen molar-refractivity contribution in [2.45, 2.75) is 48.9 Å². The Morgan fingerprint density at radius 3 is 2.75 bits per heavy atom. The van der Waals surface area contributed by atoms with E-state index in [1.807, 2.05) is 31.2 Å². The van der Waals surface area contributed by atoms with Crippen LogP contribution in [0.25, 0.3) is 5.69 Å². The highest BCUT2D eigenvalue weighted by molar-refractivity contribution is 8.00. The number of rotatable bonds is 6. The van der Waals surface area contributed by atoms with Gasteiger partial charge in [-0.3, -0.25) is 9.36 Å². The van der Waals surface area contributed by atoms with Crippen LogP contribution in [-0.2, 0) is 6.42 Å². The Morgan fingerprint density at radius 2 is 2.08 bits per heavy atom. The minimum Gasteiger partial charge on any atom is -0.494 e. The molecule has 0 radical (unpaired) electrons. The lowest BCUT2D eigenvalue weighted by molar-refractivity contribution is 0.340. The van der Waals surface area contributed by atoms with Crippen molar-refractivity contribution < 1.29 is 4.74 Å². The fourth-order valence-corrected chi connectivity index (χ4v) is 4.53. The molecule has 0 fully saturated rings. The van der Waals surface area contributed by atoms with Gasteiger partial charge in [-0.2, -0.15) is 0 Å². The van der Waals surface area contributed by atoms with Crippen LogP contribution in [-0.4, -0.2) is 27.2 Å². The lowest BCUT2D eigenvalue weighted by Crippen LogP contribution is -2.24. The molecule has 1 atom stereocenters. The zero-order chi connectivity index (χ0) is 17.1. The smallest absolute Gasteiger partial charge is 0.272 e. The summed E-state index contributed by atoms with van der Waals surface area (Å²) in [6.07, 6.45) is 1.92. The number of benzene rings is 1. The van der Waals surface area contributed by atoms with Crippen LogP contribution in [0.1, 0.15) is 32.9 Å². The summed E-state index contributed by atoms with van der Waals surface area (Å²) < 4.78 is 7.25. The molecular formula is C18H22N2O2S2. The molecule has 2 heterocycles. The van der Waals surface area contributed by atoms with Crippen LogP contribution in [0, 0.1) is 0 Å². The average Bonchev–Trinajstić information content (AvgIpc) is 3.05. The molecule has 2 aromatic rings. The van der Waals surface area contributed by atoms with Crippen LogP contribution < -0.4 is 10.3 Å². The summed E-state index contributed by atoms with van der Waals surface area (Å²) in [5, 5.41) is 1.21. The molecule has 1 aliphatic heterocycles. The predicted octanol–water partition coefficient (Wildman–Crippen LogP) is 4.17. The van der Waals surface area contributed by atoms with Crippen LogP contribution in [0.4, 0.5) is 0 Å². The van der Waals surface area contributed by atoms with Gasteiger partial charge in [-0.1, -0.05) is 25.6 Å². The summed E-state index contributed by atoms with van der Waals surface area (Å²) in [7, 11) is 0. The van der Waals surface area contributed by atoms with Gasteiger partial charge in [0.25, 0.3) is 5.56 Å². The Bertz CT molecular complexity index is 772. The second-order valence-electron chi connectivity index (χ2n) is 5.67. The number of thioether (sulfide) groups is 2. The molecule has 1 aromatic heterocycles. The molecule has 0 saturated heterocycles. The fraction of sp³-hybridized carbons (Fsp3) is 0.444. The van der Waals surface area contributed by atoms with Gasteiger partial charge < -0.3 is 4.74 Å². The highest BCUT2D eigenvalue weighted by Gasteiger charge is 2.23. The topological polar surface area (TPSA) is 44.1 Å². The van der Waals surface area contributed by atoms with E-state index in [-0.39, 0.29) is 5.56 Å². The third kappa shape index (κ3) is 3.49. The first-order valence-electron chi connectivity index (χ1n) is 8.32. The maximum absolute atomic E-state index is 13.0. The molecule has 0 unspecified atom stereocenters. The van der Waals surface area contributed by atoms with Gasteiger partial charge in [0.15, 0.2) is 5.16 Å². The second-order valence-corrected chi connectivity index (χ2v) is 8.18. The van der Waals surface area contributed by atoms with E-state index in [0.717, 1.165) is 45.8 Å². The first-order valence-corrected chi connectivity index (χ1v) is 10.2. The molecule has 4 nitrogen and oxygen atoms in total. The van der Waals surface area contributed by atoms with Crippen LogP contribution in [0.3, 0.4) is 0 Å². The molecule has 3 rings (SSSR count). The third-order valence-corrected chi connectivity index (χ3v) is 6.28. The van der Waals surface area contributed by atoms with Crippen molar-refractivity contribution in [2.24, 2.45) is 0 Å². The summed E-state index contributed by atoms with van der Waals surface area (Å²) >= 11 is 3.29. The van der Waals surface area contributed by atoms with E-state index in [0.29, 0.717) is 11.9 Å². The van der Waals surface area contributed by atoms with Crippen LogP contribution >= 0.6 is 23.5 Å². The van der Waals surface area contributed by atoms with E-state index in [9.17, 15) is 4.79 Å². The number of nitrogens with zero attached hydrogens (tertiary/aromatic N) is 2. The van der Waals surface area contributed by atoms with Crippen LogP contribution in [0.5, 0.6) is 5.75 Å². The number of aromatic nitrogens is 2. The van der Waals surface area contributed by atoms with Crippen molar-refractivity contribution in [2.75, 3.05) is 12.4 Å². The zero-order valence-electron chi connectivity index (χ0n) is 14.2. The van der Waals surface area contributed by atoms with Gasteiger partial charge in [-0.25, -0.2) is 4.98 Å². The van der Waals surface area contributed by atoms with E-state index in [1.54, 1.807) is 28.1 Å². The number of ether oxygens (including phenoxy) is 1. The van der Waals surface area contributed by atoms with Crippen molar-refractivity contribution in [3.05, 3.63) is 40.3 Å². The van der Waals surface area contributed by atoms with Gasteiger partial charge in [-0.15, -0.1) is 11.8 Å². The number of aryl methyl sites for hydroxylation is 1. The Morgan fingerprint density at radius 1 is 1.33 bits per heavy atom. The molecule has 0 spiro atoms. The molecular weight excluding hydrogens is 340 g/mol. The lowest BCUT2D eigenvalue weighted by Gasteiger charge is -2.16. The van der Waals surface area contributed by atoms with Crippen molar-refractivity contribution in [3.8, 4) is 11.4 Å². The maximum Gasteiger partial charge on any atom is 0.272 e. The van der Waals surface area contributed by atoms with E-state index in [2.05, 4.69) is 13.8 Å². The standard InChI is InChI=1S/C18H22N2O2S2/c1-4-12(3)24-18-19-15-10-11-23-16(15)17(21)20(18)13-6-8-14(9-7-13)22-5-2/h6-9,12H,4-5,10-11H2,1-3H3/t12-/m0/s1. The van der Waals surface area contributed by atoms with Crippen molar-refractivity contribution >= 4 is 23.5 Å². The summed E-state index contributed by atoms with van der Waals surface area (Å²) in [6.45, 7) is 6.91. The van der Waals surface area contributed by atoms with Crippen molar-refractivity contribution in [3.63, 3.8) is 0 Å². The lowest BCUT2D eigenvalue weighted by atomic mass is 10.3. The molecule has 6 heteroatoms. The number of hydrogen-bond donors (Lipinski definition) is 0. The molecule has 0 N–H and O–H groups in total. The molecule has 1 aliphatic rings. The first-order chi connectivity index (χ1) is 11.6.